The van der Waals surface area contributed by atoms with E-state index in [1.54, 1.807) is 24.3 Å². The van der Waals surface area contributed by atoms with Gasteiger partial charge in [0.1, 0.15) is 5.75 Å². The Kier molecular flexibility index (Phi) is 7.21. The number of amides is 1. The van der Waals surface area contributed by atoms with Crippen LogP contribution < -0.4 is 10.1 Å². The molecule has 0 fully saturated rings. The van der Waals surface area contributed by atoms with Gasteiger partial charge in [-0.05, 0) is 55.7 Å². The summed E-state index contributed by atoms with van der Waals surface area (Å²) in [6.45, 7) is 6.17. The van der Waals surface area contributed by atoms with Crippen molar-refractivity contribution >= 4 is 17.6 Å². The average molecular weight is 355 g/mol. The van der Waals surface area contributed by atoms with E-state index in [0.29, 0.717) is 30.0 Å². The van der Waals surface area contributed by atoms with E-state index in [2.05, 4.69) is 5.32 Å². The molecule has 5 nitrogen and oxygen atoms in total. The molecule has 0 aliphatic heterocycles. The number of anilines is 1. The van der Waals surface area contributed by atoms with Gasteiger partial charge in [0.2, 0.25) is 0 Å². The molecule has 26 heavy (non-hydrogen) atoms. The van der Waals surface area contributed by atoms with Crippen LogP contribution in [0.4, 0.5) is 5.69 Å². The van der Waals surface area contributed by atoms with Gasteiger partial charge in [-0.25, -0.2) is 4.79 Å². The first-order valence-corrected chi connectivity index (χ1v) is 8.85. The number of para-hydroxylation sites is 1. The number of ether oxygens (including phenoxy) is 2. The van der Waals surface area contributed by atoms with E-state index in [1.807, 2.05) is 45.0 Å². The minimum Gasteiger partial charge on any atom is -0.480 e. The van der Waals surface area contributed by atoms with E-state index in [9.17, 15) is 9.59 Å². The van der Waals surface area contributed by atoms with Crippen LogP contribution in [-0.4, -0.2) is 24.6 Å². The van der Waals surface area contributed by atoms with E-state index in [1.165, 1.54) is 0 Å². The summed E-state index contributed by atoms with van der Waals surface area (Å²) in [4.78, 5) is 24.3. The molecular weight excluding hydrogens is 330 g/mol. The molecule has 1 unspecified atom stereocenters. The lowest BCUT2D eigenvalue weighted by atomic mass is 10.2. The Morgan fingerprint density at radius 3 is 2.35 bits per heavy atom. The number of hydrogen-bond donors (Lipinski definition) is 1. The topological polar surface area (TPSA) is 64.6 Å². The summed E-state index contributed by atoms with van der Waals surface area (Å²) in [6, 6.07) is 14.2. The van der Waals surface area contributed by atoms with Crippen LogP contribution in [0.25, 0.3) is 0 Å². The highest BCUT2D eigenvalue weighted by atomic mass is 16.5. The Hall–Kier alpha value is -2.82. The number of carbonyl (C=O) groups is 2. The molecule has 0 saturated carbocycles. The number of nitrogens with one attached hydrogen (secondary N) is 1. The Balaban J connectivity index is 1.99. The molecule has 5 heteroatoms. The Labute approximate surface area is 154 Å². The number of aryl methyl sites for hydroxylation is 1. The average Bonchev–Trinajstić information content (AvgIpc) is 2.66. The standard InChI is InChI=1S/C21H25NO4/c1-4-14-25-21(24)16-10-12-17(13-11-16)22-20(23)18(5-2)26-19-9-7-6-8-15(19)3/h6-13,18H,4-5,14H2,1-3H3,(H,22,23). The van der Waals surface area contributed by atoms with Crippen molar-refractivity contribution in [3.8, 4) is 5.75 Å². The maximum atomic E-state index is 12.5. The van der Waals surface area contributed by atoms with E-state index >= 15 is 0 Å². The first-order valence-electron chi connectivity index (χ1n) is 8.85. The lowest BCUT2D eigenvalue weighted by molar-refractivity contribution is -0.122. The predicted molar refractivity (Wildman–Crippen MR) is 102 cm³/mol. The molecule has 0 aromatic heterocycles. The minimum atomic E-state index is -0.592. The van der Waals surface area contributed by atoms with E-state index < -0.39 is 6.10 Å². The van der Waals surface area contributed by atoms with Gasteiger partial charge < -0.3 is 14.8 Å². The van der Waals surface area contributed by atoms with Crippen LogP contribution >= 0.6 is 0 Å². The normalized spacial score (nSPS) is 11.5. The molecule has 1 N–H and O–H groups in total. The lowest BCUT2D eigenvalue weighted by Crippen LogP contribution is -2.32. The third-order valence-electron chi connectivity index (χ3n) is 3.85. The second-order valence-electron chi connectivity index (χ2n) is 5.98. The number of carbonyl (C=O) groups excluding carboxylic acids is 2. The van der Waals surface area contributed by atoms with Gasteiger partial charge >= 0.3 is 5.97 Å². The minimum absolute atomic E-state index is 0.225. The van der Waals surface area contributed by atoms with Crippen molar-refractivity contribution in [1.82, 2.24) is 0 Å². The number of hydrogen-bond acceptors (Lipinski definition) is 4. The Morgan fingerprint density at radius 2 is 1.73 bits per heavy atom. The van der Waals surface area contributed by atoms with Crippen LogP contribution in [0.1, 0.15) is 42.6 Å². The smallest absolute Gasteiger partial charge is 0.338 e. The molecule has 0 aliphatic rings. The van der Waals surface area contributed by atoms with Crippen molar-refractivity contribution in [2.75, 3.05) is 11.9 Å². The monoisotopic (exact) mass is 355 g/mol. The number of rotatable bonds is 8. The molecule has 2 aromatic rings. The van der Waals surface area contributed by atoms with Crippen molar-refractivity contribution < 1.29 is 19.1 Å². The highest BCUT2D eigenvalue weighted by molar-refractivity contribution is 5.95. The summed E-state index contributed by atoms with van der Waals surface area (Å²) in [5, 5.41) is 2.83. The number of benzene rings is 2. The van der Waals surface area contributed by atoms with Crippen molar-refractivity contribution in [3.05, 3.63) is 59.7 Å². The third-order valence-corrected chi connectivity index (χ3v) is 3.85. The van der Waals surface area contributed by atoms with Crippen molar-refractivity contribution in [2.24, 2.45) is 0 Å². The quantitative estimate of drug-likeness (QED) is 0.715. The lowest BCUT2D eigenvalue weighted by Gasteiger charge is -2.18. The van der Waals surface area contributed by atoms with Crippen LogP contribution in [0.5, 0.6) is 5.75 Å². The first kappa shape index (κ1) is 19.5. The van der Waals surface area contributed by atoms with Gasteiger partial charge in [-0.15, -0.1) is 0 Å². The molecule has 0 aliphatic carbocycles. The molecule has 0 bridgehead atoms. The largest absolute Gasteiger partial charge is 0.480 e. The van der Waals surface area contributed by atoms with Crippen molar-refractivity contribution in [2.45, 2.75) is 39.7 Å². The fourth-order valence-electron chi connectivity index (χ4n) is 2.35. The summed E-state index contributed by atoms with van der Waals surface area (Å²) in [5.41, 5.74) is 2.04. The van der Waals surface area contributed by atoms with Crippen LogP contribution in [0, 0.1) is 6.92 Å². The summed E-state index contributed by atoms with van der Waals surface area (Å²) in [6.07, 6.45) is 0.728. The summed E-state index contributed by atoms with van der Waals surface area (Å²) in [7, 11) is 0. The Bertz CT molecular complexity index is 740. The SMILES string of the molecule is CCCOC(=O)c1ccc(NC(=O)C(CC)Oc2ccccc2C)cc1. The number of esters is 1. The second kappa shape index (κ2) is 9.61. The van der Waals surface area contributed by atoms with Crippen LogP contribution in [-0.2, 0) is 9.53 Å². The molecule has 0 radical (unpaired) electrons. The molecule has 1 atom stereocenters. The van der Waals surface area contributed by atoms with Gasteiger partial charge in [0.15, 0.2) is 6.10 Å². The zero-order chi connectivity index (χ0) is 18.9. The van der Waals surface area contributed by atoms with E-state index in [0.717, 1.165) is 12.0 Å². The van der Waals surface area contributed by atoms with Crippen molar-refractivity contribution in [1.29, 1.82) is 0 Å². The summed E-state index contributed by atoms with van der Waals surface area (Å²) in [5.74, 6) is 0.111. The van der Waals surface area contributed by atoms with Crippen LogP contribution in [0.3, 0.4) is 0 Å². The molecule has 1 amide bonds. The van der Waals surface area contributed by atoms with E-state index in [-0.39, 0.29) is 11.9 Å². The van der Waals surface area contributed by atoms with E-state index in [4.69, 9.17) is 9.47 Å². The summed E-state index contributed by atoms with van der Waals surface area (Å²) < 4.78 is 10.9. The summed E-state index contributed by atoms with van der Waals surface area (Å²) >= 11 is 0. The molecule has 0 saturated heterocycles. The van der Waals surface area contributed by atoms with Gasteiger partial charge in [0.05, 0.1) is 12.2 Å². The molecule has 0 heterocycles. The zero-order valence-corrected chi connectivity index (χ0v) is 15.5. The fourth-order valence-corrected chi connectivity index (χ4v) is 2.35. The van der Waals surface area contributed by atoms with Gasteiger partial charge in [0.25, 0.3) is 5.91 Å². The first-order chi connectivity index (χ1) is 12.5. The van der Waals surface area contributed by atoms with Crippen molar-refractivity contribution in [3.63, 3.8) is 0 Å². The zero-order valence-electron chi connectivity index (χ0n) is 15.5. The highest BCUT2D eigenvalue weighted by Crippen LogP contribution is 2.20. The third kappa shape index (κ3) is 5.34. The molecule has 138 valence electrons. The van der Waals surface area contributed by atoms with Gasteiger partial charge in [-0.2, -0.15) is 0 Å². The van der Waals surface area contributed by atoms with Gasteiger partial charge in [-0.3, -0.25) is 4.79 Å². The molecule has 2 rings (SSSR count). The maximum absolute atomic E-state index is 12.5. The van der Waals surface area contributed by atoms with Gasteiger partial charge in [0, 0.05) is 5.69 Å². The fraction of sp³-hybridized carbons (Fsp3) is 0.333. The molecular formula is C21H25NO4. The molecule has 2 aromatic carbocycles. The van der Waals surface area contributed by atoms with Crippen LogP contribution in [0.2, 0.25) is 0 Å². The maximum Gasteiger partial charge on any atom is 0.338 e. The second-order valence-corrected chi connectivity index (χ2v) is 5.98. The highest BCUT2D eigenvalue weighted by Gasteiger charge is 2.19. The Morgan fingerprint density at radius 1 is 1.04 bits per heavy atom. The van der Waals surface area contributed by atoms with Crippen LogP contribution in [0.15, 0.2) is 48.5 Å². The van der Waals surface area contributed by atoms with Gasteiger partial charge in [-0.1, -0.05) is 32.0 Å². The molecule has 0 spiro atoms. The predicted octanol–water partition coefficient (Wildman–Crippen LogP) is 4.36.